The number of aromatic nitrogens is 4. The molecule has 1 amide bonds. The molecule has 2 aliphatic heterocycles. The van der Waals surface area contributed by atoms with Gasteiger partial charge in [0.05, 0.1) is 64.2 Å². The summed E-state index contributed by atoms with van der Waals surface area (Å²) < 4.78 is 109. The summed E-state index contributed by atoms with van der Waals surface area (Å²) in [6, 6.07) is 34.3. The Morgan fingerprint density at radius 1 is 0.552 bits per heavy atom. The number of hydrogen-bond donors (Lipinski definition) is 4. The Labute approximate surface area is 621 Å². The van der Waals surface area contributed by atoms with E-state index in [0.29, 0.717) is 168 Å². The van der Waals surface area contributed by atoms with Crippen molar-refractivity contribution in [3.63, 3.8) is 0 Å². The van der Waals surface area contributed by atoms with Crippen LogP contribution in [0.5, 0.6) is 17.6 Å². The van der Waals surface area contributed by atoms with Crippen molar-refractivity contribution in [2.45, 2.75) is 135 Å². The molecule has 2 saturated heterocycles. The summed E-state index contributed by atoms with van der Waals surface area (Å²) in [4.78, 5) is 32.0. The van der Waals surface area contributed by atoms with Gasteiger partial charge in [0.1, 0.15) is 11.2 Å². The molecule has 0 saturated carbocycles. The number of likely N-dealkylation sites (tertiary alicyclic amines) is 1. The van der Waals surface area contributed by atoms with Crippen molar-refractivity contribution in [1.29, 1.82) is 0 Å². The number of rotatable bonds is 19. The number of amides is 1. The first-order valence-corrected chi connectivity index (χ1v) is 35.1. The maximum atomic E-state index is 13.6. The van der Waals surface area contributed by atoms with Crippen LogP contribution in [0.25, 0.3) is 32.7 Å². The van der Waals surface area contributed by atoms with Gasteiger partial charge in [0.2, 0.25) is 17.6 Å². The second-order valence-electron chi connectivity index (χ2n) is 28.1. The summed E-state index contributed by atoms with van der Waals surface area (Å²) >= 11 is 20.5. The molecule has 0 aliphatic carbocycles. The molecular formula is C81H83Cl3F6N6O9. The monoisotopic (exact) mass is 1500 g/mol. The average Bonchev–Trinajstić information content (AvgIpc) is 1.37. The third-order valence-corrected chi connectivity index (χ3v) is 20.5. The van der Waals surface area contributed by atoms with E-state index >= 15 is 0 Å². The highest BCUT2D eigenvalue weighted by molar-refractivity contribution is 6.37. The molecule has 10 aromatic rings. The van der Waals surface area contributed by atoms with Gasteiger partial charge in [-0.1, -0.05) is 139 Å². The Morgan fingerprint density at radius 3 is 1.22 bits per heavy atom. The number of carbonyl (C=O) groups is 1. The van der Waals surface area contributed by atoms with Crippen LogP contribution < -0.4 is 19.5 Å². The van der Waals surface area contributed by atoms with E-state index < -0.39 is 46.3 Å². The maximum Gasteiger partial charge on any atom is 0.410 e. The Morgan fingerprint density at radius 2 is 0.905 bits per heavy atom. The number of aryl methyl sites for hydroxylation is 2. The highest BCUT2D eigenvalue weighted by atomic mass is 35.5. The van der Waals surface area contributed by atoms with Gasteiger partial charge in [-0.15, -0.1) is 6.42 Å². The second kappa shape index (κ2) is 30.6. The Bertz CT molecular complexity index is 4890. The molecule has 554 valence electrons. The summed E-state index contributed by atoms with van der Waals surface area (Å²) in [7, 11) is 4.51. The van der Waals surface area contributed by atoms with Crippen LogP contribution in [0, 0.1) is 38.0 Å². The van der Waals surface area contributed by atoms with Gasteiger partial charge in [0.25, 0.3) is 17.8 Å². The van der Waals surface area contributed by atoms with Crippen LogP contribution >= 0.6 is 34.8 Å². The zero-order valence-corrected chi connectivity index (χ0v) is 62.7. The van der Waals surface area contributed by atoms with Crippen LogP contribution in [-0.2, 0) is 58.6 Å². The lowest BCUT2D eigenvalue weighted by Crippen LogP contribution is -2.58. The van der Waals surface area contributed by atoms with Crippen molar-refractivity contribution in [2.24, 2.45) is 11.8 Å². The molecule has 0 radical (unpaired) electrons. The summed E-state index contributed by atoms with van der Waals surface area (Å²) in [6.07, 6.45) is 6.76. The van der Waals surface area contributed by atoms with E-state index in [9.17, 15) is 46.5 Å². The number of pyridine rings is 3. The summed E-state index contributed by atoms with van der Waals surface area (Å²) in [5, 5.41) is 40.5. The molecule has 0 spiro atoms. The van der Waals surface area contributed by atoms with Gasteiger partial charge in [-0.2, -0.15) is 0 Å². The standard InChI is InChI=1S/C30H35ClF2N2O4.C26H25ClF2N2O3.C25H23ClF2N2O2/c1-7-30(37,21-16-35(17-21)27(36)39-28(2,3)4)20-12-13-24-22(15-20)25(31)23(26(34-24)38-6)14-18-8-10-19(11-9-18)29(5,32)33;1-14-23(34-15(2)30-14)25(3,32)18-10-11-21-19(13-18)22(27)20(24(31-21)33-5)12-16-6-8-17(9-7-16)26(4,28)29;1-4-25(31,18-13-29-14-18)17-9-10-21-19(12-17)22(26)20(23(30-21)32-3)11-15-5-7-16(8-6-15)24(2,27)28/h8-13,15,21,37H,7,14,16-17H2,1-6H3;6-11,13,32H,12H2,1-5H3;1,5-10,12,18,29,31H,11,13-14H2,2-3H3. The third-order valence-electron chi connectivity index (χ3n) is 19.2. The number of nitrogens with one attached hydrogen (secondary N) is 1. The highest BCUT2D eigenvalue weighted by Gasteiger charge is 2.47. The molecule has 2 aliphatic rings. The molecule has 6 aromatic carbocycles. The van der Waals surface area contributed by atoms with E-state index in [2.05, 4.69) is 31.2 Å². The van der Waals surface area contributed by atoms with Gasteiger partial charge in [0, 0.05) is 135 Å². The number of aliphatic hydroxyl groups is 3. The number of terminal acetylenes is 1. The zero-order chi connectivity index (χ0) is 76.7. The van der Waals surface area contributed by atoms with E-state index in [0.717, 1.165) is 37.5 Å². The quantitative estimate of drug-likeness (QED) is 0.0441. The van der Waals surface area contributed by atoms with E-state index in [4.69, 9.17) is 64.6 Å². The van der Waals surface area contributed by atoms with E-state index in [1.807, 2.05) is 39.8 Å². The lowest BCUT2D eigenvalue weighted by Gasteiger charge is -2.48. The normalized spacial score (nSPS) is 15.4. The Hall–Kier alpha value is -8.72. The number of carbonyl (C=O) groups excluding carboxylic acids is 1. The van der Waals surface area contributed by atoms with Gasteiger partial charge in [-0.05, 0) is 111 Å². The van der Waals surface area contributed by atoms with Gasteiger partial charge in [0.15, 0.2) is 17.3 Å². The van der Waals surface area contributed by atoms with Crippen molar-refractivity contribution in [3.05, 3.63) is 227 Å². The molecule has 4 aromatic heterocycles. The molecule has 4 N–H and O–H groups in total. The minimum Gasteiger partial charge on any atom is -0.481 e. The fourth-order valence-corrected chi connectivity index (χ4v) is 13.9. The first-order chi connectivity index (χ1) is 49.2. The van der Waals surface area contributed by atoms with Crippen LogP contribution in [-0.4, -0.2) is 99.4 Å². The maximum absolute atomic E-state index is 13.6. The fourth-order valence-electron chi connectivity index (χ4n) is 13.0. The summed E-state index contributed by atoms with van der Waals surface area (Å²) in [5.74, 6) is -4.58. The molecule has 3 atom stereocenters. The van der Waals surface area contributed by atoms with Crippen molar-refractivity contribution in [1.82, 2.24) is 30.2 Å². The summed E-state index contributed by atoms with van der Waals surface area (Å²) in [5.41, 5.74) is 3.64. The number of alkyl halides is 6. The molecule has 15 nitrogen and oxygen atoms in total. The molecular weight excluding hydrogens is 1420 g/mol. The van der Waals surface area contributed by atoms with E-state index in [1.54, 1.807) is 105 Å². The number of methoxy groups -OCH3 is 3. The van der Waals surface area contributed by atoms with Crippen molar-refractivity contribution in [2.75, 3.05) is 47.5 Å². The number of fused-ring (bicyclic) bond motifs is 3. The first kappa shape index (κ1) is 78.9. The van der Waals surface area contributed by atoms with Crippen LogP contribution in [0.4, 0.5) is 31.1 Å². The van der Waals surface area contributed by atoms with E-state index in [-0.39, 0.29) is 28.5 Å². The molecule has 2 fully saturated rings. The minimum absolute atomic E-state index is 0.0559. The average molecular weight is 1500 g/mol. The smallest absolute Gasteiger partial charge is 0.410 e. The predicted octanol–water partition coefficient (Wildman–Crippen LogP) is 18.2. The lowest BCUT2D eigenvalue weighted by atomic mass is 9.75. The molecule has 12 rings (SSSR count). The summed E-state index contributed by atoms with van der Waals surface area (Å²) in [6.45, 7) is 17.1. The number of halogens is 9. The minimum atomic E-state index is -2.92. The zero-order valence-electron chi connectivity index (χ0n) is 60.4. The van der Waals surface area contributed by atoms with Crippen LogP contribution in [0.15, 0.2) is 132 Å². The van der Waals surface area contributed by atoms with Crippen LogP contribution in [0.2, 0.25) is 15.1 Å². The molecule has 6 heterocycles. The van der Waals surface area contributed by atoms with Crippen molar-refractivity contribution >= 4 is 73.6 Å². The van der Waals surface area contributed by atoms with E-state index in [1.165, 1.54) is 57.7 Å². The number of nitrogens with zero attached hydrogens (tertiary/aromatic N) is 5. The SMILES string of the molecule is C#CC(O)(c1ccc2nc(OC)c(Cc3ccc(C(C)(F)F)cc3)c(Cl)c2c1)C1CNC1.CCC(O)(c1ccc2nc(OC)c(Cc3ccc(C(C)(F)F)cc3)c(Cl)c2c1)C1CN(C(=O)OC(C)(C)C)C1.COc1nc2ccc(C(C)(O)c3oc(C)nc3C)cc2c(Cl)c1Cc1ccc(C(C)(F)F)cc1. The molecule has 0 bridgehead atoms. The first-order valence-electron chi connectivity index (χ1n) is 33.9. The lowest BCUT2D eigenvalue weighted by molar-refractivity contribution is -0.0945. The number of ether oxygens (including phenoxy) is 4. The van der Waals surface area contributed by atoms with Gasteiger partial charge < -0.3 is 48.9 Å². The van der Waals surface area contributed by atoms with Gasteiger partial charge >= 0.3 is 6.09 Å². The Balaban J connectivity index is 0.000000170. The van der Waals surface area contributed by atoms with Crippen molar-refractivity contribution < 1.29 is 69.8 Å². The number of oxazole rings is 1. The van der Waals surface area contributed by atoms with Crippen molar-refractivity contribution in [3.8, 4) is 30.0 Å². The Kier molecular flexibility index (Phi) is 23.0. The number of benzene rings is 6. The fraction of sp³-hybridized carbons (Fsp3) is 0.370. The van der Waals surface area contributed by atoms with Crippen LogP contribution in [0.3, 0.4) is 0 Å². The molecule has 24 heteroatoms. The van der Waals surface area contributed by atoms with Gasteiger partial charge in [-0.3, -0.25) is 0 Å². The topological polar surface area (TPSA) is 195 Å². The third kappa shape index (κ3) is 16.9. The van der Waals surface area contributed by atoms with Gasteiger partial charge in [-0.25, -0.2) is 51.1 Å². The second-order valence-corrected chi connectivity index (χ2v) is 29.2. The molecule has 3 unspecified atom stereocenters. The largest absolute Gasteiger partial charge is 0.481 e. The highest BCUT2D eigenvalue weighted by Crippen LogP contribution is 2.45. The predicted molar refractivity (Wildman–Crippen MR) is 396 cm³/mol. The molecule has 105 heavy (non-hydrogen) atoms. The van der Waals surface area contributed by atoms with Crippen LogP contribution in [0.1, 0.15) is 146 Å². The number of hydrogen-bond acceptors (Lipinski definition) is 14.